The molecule has 4 rings (SSSR count). The molecule has 0 bridgehead atoms. The van der Waals surface area contributed by atoms with Gasteiger partial charge in [-0.3, -0.25) is 0 Å². The molecule has 4 aromatic rings. The molecule has 0 radical (unpaired) electrons. The summed E-state index contributed by atoms with van der Waals surface area (Å²) in [6.45, 7) is -1.60. The molecule has 0 aliphatic rings. The quantitative estimate of drug-likeness (QED) is 0.298. The van der Waals surface area contributed by atoms with Crippen LogP contribution in [0, 0.1) is 0 Å². The Bertz CT molecular complexity index is 1090. The van der Waals surface area contributed by atoms with E-state index in [1.165, 1.54) is 6.07 Å². The molecule has 0 fully saturated rings. The van der Waals surface area contributed by atoms with Crippen molar-refractivity contribution in [2.45, 2.75) is 6.18 Å². The summed E-state index contributed by atoms with van der Waals surface area (Å²) in [5.41, 5.74) is 0.164. The molecule has 27 heavy (non-hydrogen) atoms. The molecule has 0 saturated carbocycles. The second-order valence-corrected chi connectivity index (χ2v) is 7.92. The first kappa shape index (κ1) is 17.5. The van der Waals surface area contributed by atoms with Gasteiger partial charge in [-0.15, -0.1) is 0 Å². The van der Waals surface area contributed by atoms with Crippen molar-refractivity contribution in [3.8, 4) is 4.90 Å². The average Bonchev–Trinajstić information content (AvgIpc) is 3.00. The number of hydrogen-bond donors (Lipinski definition) is 0. The minimum Gasteiger partial charge on any atom is -0.452 e. The second-order valence-electron chi connectivity index (χ2n) is 5.99. The van der Waals surface area contributed by atoms with E-state index in [0.29, 0.717) is 4.90 Å². The van der Waals surface area contributed by atoms with Crippen molar-refractivity contribution >= 4 is 36.6 Å². The third kappa shape index (κ3) is 3.28. The van der Waals surface area contributed by atoms with Crippen molar-refractivity contribution in [2.24, 2.45) is 0 Å². The molecule has 136 valence electrons. The smallest absolute Gasteiger partial charge is 0.422 e. The Labute approximate surface area is 155 Å². The molecule has 1 heterocycles. The second kappa shape index (κ2) is 6.70. The van der Waals surface area contributed by atoms with Gasteiger partial charge in [0.05, 0.1) is 0 Å². The third-order valence-electron chi connectivity index (χ3n) is 4.20. The summed E-state index contributed by atoms with van der Waals surface area (Å²) in [6.07, 6.45) is -4.56. The number of fused-ring (bicyclic) bond motifs is 3. The highest BCUT2D eigenvalue weighted by molar-refractivity contribution is 7.50. The molecule has 6 heteroatoms. The van der Waals surface area contributed by atoms with Crippen LogP contribution >= 0.6 is 10.5 Å². The minimum absolute atomic E-state index is 0.164. The summed E-state index contributed by atoms with van der Waals surface area (Å²) >= 11 is 0. The number of halogens is 3. The number of carbonyl (C=O) groups is 1. The molecule has 0 atom stereocenters. The van der Waals surface area contributed by atoms with Gasteiger partial charge >= 0.3 is 12.1 Å². The van der Waals surface area contributed by atoms with E-state index in [1.54, 1.807) is 18.2 Å². The first-order chi connectivity index (χ1) is 13.0. The van der Waals surface area contributed by atoms with Crippen LogP contribution in [0.4, 0.5) is 13.2 Å². The molecule has 3 aromatic carbocycles. The van der Waals surface area contributed by atoms with E-state index >= 15 is 0 Å². The average molecular weight is 387 g/mol. The standard InChI is InChI=1S/C21H14F3O2S/c22-21(23,24)13-26-20(25)16-9-3-6-12-19(16)27-17-10-4-1-7-14(17)15-8-2-5-11-18(15)27/h1-12H,13H2/q+1. The Balaban J connectivity index is 1.91. The summed E-state index contributed by atoms with van der Waals surface area (Å²) in [7, 11) is -0.580. The van der Waals surface area contributed by atoms with Crippen LogP contribution in [0.25, 0.3) is 25.1 Å². The van der Waals surface area contributed by atoms with Gasteiger partial charge in [-0.25, -0.2) is 4.79 Å². The van der Waals surface area contributed by atoms with Gasteiger partial charge in [0.15, 0.2) is 20.9 Å². The van der Waals surface area contributed by atoms with Gasteiger partial charge in [0.25, 0.3) is 0 Å². The van der Waals surface area contributed by atoms with Gasteiger partial charge in [0.1, 0.15) is 5.56 Å². The number of carbonyl (C=O) groups excluding carboxylic acids is 1. The van der Waals surface area contributed by atoms with Crippen LogP contribution in [0.1, 0.15) is 10.4 Å². The molecular weight excluding hydrogens is 373 g/mol. The number of esters is 1. The summed E-state index contributed by atoms with van der Waals surface area (Å²) < 4.78 is 44.0. The minimum atomic E-state index is -4.56. The Morgan fingerprint density at radius 1 is 0.815 bits per heavy atom. The zero-order valence-electron chi connectivity index (χ0n) is 14.0. The lowest BCUT2D eigenvalue weighted by Gasteiger charge is -2.08. The lowest BCUT2D eigenvalue weighted by molar-refractivity contribution is -0.161. The number of alkyl halides is 3. The molecule has 2 nitrogen and oxygen atoms in total. The number of benzene rings is 3. The first-order valence-corrected chi connectivity index (χ1v) is 9.44. The molecule has 0 aliphatic heterocycles. The van der Waals surface area contributed by atoms with E-state index in [2.05, 4.69) is 4.74 Å². The number of rotatable bonds is 3. The zero-order chi connectivity index (χ0) is 19.0. The summed E-state index contributed by atoms with van der Waals surface area (Å²) in [6, 6.07) is 22.5. The highest BCUT2D eigenvalue weighted by Crippen LogP contribution is 2.49. The Kier molecular flexibility index (Phi) is 4.36. The van der Waals surface area contributed by atoms with E-state index in [1.807, 2.05) is 48.5 Å². The van der Waals surface area contributed by atoms with E-state index < -0.39 is 29.2 Å². The van der Waals surface area contributed by atoms with Crippen LogP contribution < -0.4 is 0 Å². The molecule has 0 amide bonds. The maximum Gasteiger partial charge on any atom is 0.422 e. The maximum atomic E-state index is 12.5. The Morgan fingerprint density at radius 3 is 1.93 bits per heavy atom. The zero-order valence-corrected chi connectivity index (χ0v) is 14.8. The third-order valence-corrected chi connectivity index (χ3v) is 6.59. The number of ether oxygens (including phenoxy) is 1. The fourth-order valence-corrected chi connectivity index (χ4v) is 5.65. The van der Waals surface area contributed by atoms with Crippen LogP contribution in [-0.2, 0) is 4.74 Å². The summed E-state index contributed by atoms with van der Waals surface area (Å²) in [4.78, 5) is 13.0. The van der Waals surface area contributed by atoms with Gasteiger partial charge in [-0.1, -0.05) is 36.4 Å². The van der Waals surface area contributed by atoms with Gasteiger partial charge in [-0.05, 0) is 36.4 Å². The van der Waals surface area contributed by atoms with E-state index in [0.717, 1.165) is 20.2 Å². The first-order valence-electron chi connectivity index (χ1n) is 8.21. The van der Waals surface area contributed by atoms with E-state index in [-0.39, 0.29) is 5.56 Å². The summed E-state index contributed by atoms with van der Waals surface area (Å²) in [5.74, 6) is -0.961. The molecule has 0 spiro atoms. The van der Waals surface area contributed by atoms with E-state index in [4.69, 9.17) is 0 Å². The molecule has 0 saturated heterocycles. The normalized spacial score (nSPS) is 11.8. The van der Waals surface area contributed by atoms with Crippen molar-refractivity contribution in [3.63, 3.8) is 0 Å². The van der Waals surface area contributed by atoms with Crippen molar-refractivity contribution in [1.29, 1.82) is 0 Å². The van der Waals surface area contributed by atoms with Crippen molar-refractivity contribution < 1.29 is 22.7 Å². The Morgan fingerprint density at radius 2 is 1.33 bits per heavy atom. The number of hydrogen-bond acceptors (Lipinski definition) is 2. The topological polar surface area (TPSA) is 26.3 Å². The van der Waals surface area contributed by atoms with Crippen LogP contribution in [0.5, 0.6) is 0 Å². The van der Waals surface area contributed by atoms with Gasteiger partial charge < -0.3 is 4.74 Å². The van der Waals surface area contributed by atoms with Crippen LogP contribution in [0.15, 0.2) is 72.8 Å². The fraction of sp³-hybridized carbons (Fsp3) is 0.0952. The van der Waals surface area contributed by atoms with Gasteiger partial charge in [0.2, 0.25) is 0 Å². The number of thiophene rings is 1. The highest BCUT2D eigenvalue weighted by atomic mass is 32.2. The van der Waals surface area contributed by atoms with Crippen LogP contribution in [0.2, 0.25) is 0 Å². The van der Waals surface area contributed by atoms with E-state index in [9.17, 15) is 18.0 Å². The van der Waals surface area contributed by atoms with Crippen molar-refractivity contribution in [3.05, 3.63) is 78.4 Å². The SMILES string of the molecule is O=C(OCC(F)(F)F)c1ccccc1-[s+]1c2ccccc2c2ccccc21. The van der Waals surface area contributed by atoms with Gasteiger partial charge in [0, 0.05) is 21.2 Å². The Hall–Kier alpha value is -2.86. The molecular formula is C21H14F3O2S+. The van der Waals surface area contributed by atoms with Crippen molar-refractivity contribution in [1.82, 2.24) is 0 Å². The van der Waals surface area contributed by atoms with Crippen LogP contribution in [0.3, 0.4) is 0 Å². The lowest BCUT2D eigenvalue weighted by atomic mass is 10.2. The van der Waals surface area contributed by atoms with Crippen molar-refractivity contribution in [2.75, 3.05) is 6.61 Å². The summed E-state index contributed by atoms with van der Waals surface area (Å²) in [5, 5.41) is 2.16. The predicted molar refractivity (Wildman–Crippen MR) is 102 cm³/mol. The highest BCUT2D eigenvalue weighted by Gasteiger charge is 2.32. The monoisotopic (exact) mass is 387 g/mol. The fourth-order valence-electron chi connectivity index (χ4n) is 3.13. The predicted octanol–water partition coefficient (Wildman–Crippen LogP) is 6.45. The molecule has 0 N–H and O–H groups in total. The largest absolute Gasteiger partial charge is 0.452 e. The molecule has 1 aromatic heterocycles. The van der Waals surface area contributed by atoms with Gasteiger partial charge in [-0.2, -0.15) is 13.2 Å². The molecule has 0 unspecified atom stereocenters. The maximum absolute atomic E-state index is 12.5. The molecule has 0 aliphatic carbocycles. The lowest BCUT2D eigenvalue weighted by Crippen LogP contribution is -2.20. The van der Waals surface area contributed by atoms with Crippen LogP contribution in [-0.4, -0.2) is 18.8 Å².